The van der Waals surface area contributed by atoms with E-state index in [1.807, 2.05) is 0 Å². The molecule has 0 aliphatic carbocycles. The van der Waals surface area contributed by atoms with Gasteiger partial charge in [0.05, 0.1) is 10.7 Å². The summed E-state index contributed by atoms with van der Waals surface area (Å²) in [5, 5.41) is 0.282. The number of rotatable bonds is 3. The number of hydrogen-bond donors (Lipinski definition) is 2. The molecule has 0 heterocycles. The lowest BCUT2D eigenvalue weighted by molar-refractivity contribution is 0.601. The molecule has 0 spiro atoms. The Balaban J connectivity index is 2.43. The first kappa shape index (κ1) is 14.2. The lowest BCUT2D eigenvalue weighted by Crippen LogP contribution is -2.14. The van der Waals surface area contributed by atoms with Crippen molar-refractivity contribution in [1.82, 2.24) is 0 Å². The van der Waals surface area contributed by atoms with Crippen molar-refractivity contribution in [1.29, 1.82) is 0 Å². The summed E-state index contributed by atoms with van der Waals surface area (Å²) in [4.78, 5) is 0.133. The second-order valence-corrected chi connectivity index (χ2v) is 6.69. The molecule has 0 saturated carbocycles. The van der Waals surface area contributed by atoms with Crippen LogP contribution >= 0.6 is 27.5 Å². The first-order valence-electron chi connectivity index (χ1n) is 5.22. The van der Waals surface area contributed by atoms with Crippen LogP contribution in [0.25, 0.3) is 0 Å². The molecule has 100 valence electrons. The Kier molecular flexibility index (Phi) is 4.03. The molecular weight excluding hydrogens is 352 g/mol. The average Bonchev–Trinajstić information content (AvgIpc) is 2.34. The number of nitrogens with two attached hydrogens (primary N) is 1. The first-order valence-corrected chi connectivity index (χ1v) is 7.88. The summed E-state index contributed by atoms with van der Waals surface area (Å²) in [5.74, 6) is 0. The van der Waals surface area contributed by atoms with Crippen LogP contribution < -0.4 is 10.5 Å². The Morgan fingerprint density at radius 3 is 2.53 bits per heavy atom. The molecule has 0 bridgehead atoms. The van der Waals surface area contributed by atoms with E-state index in [2.05, 4.69) is 20.7 Å². The van der Waals surface area contributed by atoms with Gasteiger partial charge in [-0.2, -0.15) is 0 Å². The summed E-state index contributed by atoms with van der Waals surface area (Å²) < 4.78 is 27.4. The van der Waals surface area contributed by atoms with Gasteiger partial charge in [-0.15, -0.1) is 0 Å². The SMILES string of the molecule is Nc1ccc(Cl)c(NS(=O)(=O)c2ccccc2Br)c1. The van der Waals surface area contributed by atoms with Crippen molar-refractivity contribution in [3.8, 4) is 0 Å². The molecule has 0 saturated heterocycles. The molecule has 2 aromatic rings. The van der Waals surface area contributed by atoms with Crippen LogP contribution in [-0.2, 0) is 10.0 Å². The minimum atomic E-state index is -3.72. The standard InChI is InChI=1S/C12H10BrClN2O2S/c13-9-3-1-2-4-12(9)19(17,18)16-11-7-8(15)5-6-10(11)14/h1-7,16H,15H2. The van der Waals surface area contributed by atoms with Crippen LogP contribution in [0.15, 0.2) is 51.8 Å². The van der Waals surface area contributed by atoms with Gasteiger partial charge in [-0.1, -0.05) is 23.7 Å². The van der Waals surface area contributed by atoms with Crippen LogP contribution in [0.1, 0.15) is 0 Å². The third-order valence-electron chi connectivity index (χ3n) is 2.36. The van der Waals surface area contributed by atoms with Crippen molar-refractivity contribution in [2.24, 2.45) is 0 Å². The van der Waals surface area contributed by atoms with Crippen LogP contribution in [0.2, 0.25) is 5.02 Å². The molecule has 4 nitrogen and oxygen atoms in total. The van der Waals surface area contributed by atoms with Crippen LogP contribution in [0, 0.1) is 0 Å². The topological polar surface area (TPSA) is 72.2 Å². The molecular formula is C12H10BrClN2O2S. The lowest BCUT2D eigenvalue weighted by Gasteiger charge is -2.11. The summed E-state index contributed by atoms with van der Waals surface area (Å²) in [7, 11) is -3.72. The number of sulfonamides is 1. The Morgan fingerprint density at radius 2 is 1.84 bits per heavy atom. The predicted octanol–water partition coefficient (Wildman–Crippen LogP) is 3.49. The van der Waals surface area contributed by atoms with Gasteiger partial charge in [0.2, 0.25) is 0 Å². The molecule has 0 radical (unpaired) electrons. The van der Waals surface area contributed by atoms with E-state index in [9.17, 15) is 8.42 Å². The summed E-state index contributed by atoms with van der Waals surface area (Å²) in [6.07, 6.45) is 0. The highest BCUT2D eigenvalue weighted by Gasteiger charge is 2.18. The van der Waals surface area contributed by atoms with Crippen LogP contribution in [0.4, 0.5) is 11.4 Å². The van der Waals surface area contributed by atoms with Crippen molar-refractivity contribution < 1.29 is 8.42 Å². The summed E-state index contributed by atoms with van der Waals surface area (Å²) in [5.41, 5.74) is 6.29. The van der Waals surface area contributed by atoms with Gasteiger partial charge in [0.25, 0.3) is 10.0 Å². The number of nitrogens with one attached hydrogen (secondary N) is 1. The zero-order chi connectivity index (χ0) is 14.0. The number of anilines is 2. The highest BCUT2D eigenvalue weighted by atomic mass is 79.9. The maximum atomic E-state index is 12.2. The fraction of sp³-hybridized carbons (Fsp3) is 0. The molecule has 19 heavy (non-hydrogen) atoms. The van der Waals surface area contributed by atoms with E-state index >= 15 is 0 Å². The van der Waals surface area contributed by atoms with Crippen LogP contribution in [0.3, 0.4) is 0 Å². The van der Waals surface area contributed by atoms with Gasteiger partial charge in [0, 0.05) is 10.2 Å². The van der Waals surface area contributed by atoms with Gasteiger partial charge in [-0.05, 0) is 46.3 Å². The summed E-state index contributed by atoms with van der Waals surface area (Å²) >= 11 is 9.14. The minimum absolute atomic E-state index is 0.133. The number of hydrogen-bond acceptors (Lipinski definition) is 3. The van der Waals surface area contributed by atoms with E-state index in [1.54, 1.807) is 24.3 Å². The highest BCUT2D eigenvalue weighted by molar-refractivity contribution is 9.10. The van der Waals surface area contributed by atoms with Crippen molar-refractivity contribution in [3.05, 3.63) is 52.0 Å². The molecule has 0 unspecified atom stereocenters. The lowest BCUT2D eigenvalue weighted by atomic mass is 10.3. The molecule has 0 atom stereocenters. The van der Waals surface area contributed by atoms with Gasteiger partial charge in [-0.3, -0.25) is 4.72 Å². The molecule has 2 rings (SSSR count). The molecule has 0 amide bonds. The second-order valence-electron chi connectivity index (χ2n) is 3.78. The van der Waals surface area contributed by atoms with Crippen molar-refractivity contribution in [2.75, 3.05) is 10.5 Å². The van der Waals surface area contributed by atoms with Crippen molar-refractivity contribution in [2.45, 2.75) is 4.90 Å². The van der Waals surface area contributed by atoms with Gasteiger partial charge >= 0.3 is 0 Å². The van der Waals surface area contributed by atoms with Crippen molar-refractivity contribution >= 4 is 48.9 Å². The van der Waals surface area contributed by atoms with Crippen molar-refractivity contribution in [3.63, 3.8) is 0 Å². The first-order chi connectivity index (χ1) is 8.90. The normalized spacial score (nSPS) is 11.3. The monoisotopic (exact) mass is 360 g/mol. The minimum Gasteiger partial charge on any atom is -0.399 e. The molecule has 2 aromatic carbocycles. The molecule has 0 fully saturated rings. The van der Waals surface area contributed by atoms with Gasteiger partial charge in [0.1, 0.15) is 4.90 Å². The third-order valence-corrected chi connectivity index (χ3v) is 5.07. The van der Waals surface area contributed by atoms with E-state index in [4.69, 9.17) is 17.3 Å². The Labute approximate surface area is 124 Å². The molecule has 0 aromatic heterocycles. The van der Waals surface area contributed by atoms with Crippen LogP contribution in [-0.4, -0.2) is 8.42 Å². The van der Waals surface area contributed by atoms with Crippen LogP contribution in [0.5, 0.6) is 0 Å². The summed E-state index contributed by atoms with van der Waals surface area (Å²) in [6.45, 7) is 0. The largest absolute Gasteiger partial charge is 0.399 e. The predicted molar refractivity (Wildman–Crippen MR) is 80.8 cm³/mol. The van der Waals surface area contributed by atoms with E-state index in [0.717, 1.165) is 0 Å². The quantitative estimate of drug-likeness (QED) is 0.822. The van der Waals surface area contributed by atoms with Gasteiger partial charge in [-0.25, -0.2) is 8.42 Å². The zero-order valence-electron chi connectivity index (χ0n) is 9.60. The maximum Gasteiger partial charge on any atom is 0.263 e. The van der Waals surface area contributed by atoms with E-state index in [1.165, 1.54) is 18.2 Å². The smallest absolute Gasteiger partial charge is 0.263 e. The Hall–Kier alpha value is -1.24. The fourth-order valence-electron chi connectivity index (χ4n) is 1.48. The molecule has 0 aliphatic rings. The number of nitrogen functional groups attached to an aromatic ring is 1. The Bertz CT molecular complexity index is 719. The summed E-state index contributed by atoms with van der Waals surface area (Å²) in [6, 6.07) is 11.1. The fourth-order valence-corrected chi connectivity index (χ4v) is 3.78. The molecule has 7 heteroatoms. The van der Waals surface area contributed by atoms with Gasteiger partial charge < -0.3 is 5.73 Å². The number of benzene rings is 2. The number of halogens is 2. The van der Waals surface area contributed by atoms with E-state index in [0.29, 0.717) is 10.2 Å². The van der Waals surface area contributed by atoms with E-state index < -0.39 is 10.0 Å². The third kappa shape index (κ3) is 3.20. The maximum absolute atomic E-state index is 12.2. The van der Waals surface area contributed by atoms with E-state index in [-0.39, 0.29) is 15.6 Å². The molecule has 3 N–H and O–H groups in total. The average molecular weight is 362 g/mol. The van der Waals surface area contributed by atoms with Gasteiger partial charge in [0.15, 0.2) is 0 Å². The highest BCUT2D eigenvalue weighted by Crippen LogP contribution is 2.28. The zero-order valence-corrected chi connectivity index (χ0v) is 12.8. The second kappa shape index (κ2) is 5.40. The molecule has 0 aliphatic heterocycles. The Morgan fingerprint density at radius 1 is 1.16 bits per heavy atom.